The van der Waals surface area contributed by atoms with Crippen molar-refractivity contribution >= 4 is 0 Å². The Morgan fingerprint density at radius 1 is 1.14 bits per heavy atom. The van der Waals surface area contributed by atoms with E-state index < -0.39 is 0 Å². The Bertz CT molecular complexity index is 279. The van der Waals surface area contributed by atoms with Gasteiger partial charge in [-0.2, -0.15) is 0 Å². The van der Waals surface area contributed by atoms with Crippen molar-refractivity contribution in [3.05, 3.63) is 35.6 Å². The second-order valence-corrected chi connectivity index (χ2v) is 5.22. The second kappa shape index (κ2) is 4.12. The van der Waals surface area contributed by atoms with Gasteiger partial charge in [-0.25, -0.2) is 4.39 Å². The van der Waals surface area contributed by atoms with Gasteiger partial charge in [-0.05, 0) is 35.4 Å². The van der Waals surface area contributed by atoms with E-state index in [1.54, 1.807) is 0 Å². The molecule has 0 aromatic heterocycles. The van der Waals surface area contributed by atoms with Crippen molar-refractivity contribution in [1.82, 2.24) is 0 Å². The van der Waals surface area contributed by atoms with Gasteiger partial charge >= 0.3 is 0 Å². The molecule has 0 spiro atoms. The molecule has 1 rings (SSSR count). The maximum Gasteiger partial charge on any atom is 0.123 e. The van der Waals surface area contributed by atoms with Gasteiger partial charge in [-0.1, -0.05) is 39.8 Å². The lowest BCUT2D eigenvalue weighted by molar-refractivity contribution is 0.349. The average molecular weight is 194 g/mol. The minimum Gasteiger partial charge on any atom is -0.207 e. The molecule has 0 radical (unpaired) electrons. The number of hydrogen-bond donors (Lipinski definition) is 0. The van der Waals surface area contributed by atoms with Gasteiger partial charge in [0.25, 0.3) is 0 Å². The summed E-state index contributed by atoms with van der Waals surface area (Å²) >= 11 is 0. The van der Waals surface area contributed by atoms with Gasteiger partial charge < -0.3 is 0 Å². The van der Waals surface area contributed by atoms with Crippen LogP contribution < -0.4 is 0 Å². The molecule has 1 aromatic carbocycles. The fourth-order valence-corrected chi connectivity index (χ4v) is 1.83. The van der Waals surface area contributed by atoms with Gasteiger partial charge in [0.05, 0.1) is 0 Å². The monoisotopic (exact) mass is 194 g/mol. The number of benzene rings is 1. The minimum absolute atomic E-state index is 0.156. The number of rotatable bonds is 2. The molecule has 1 unspecified atom stereocenters. The van der Waals surface area contributed by atoms with Crippen molar-refractivity contribution < 1.29 is 4.39 Å². The molecule has 0 N–H and O–H groups in total. The van der Waals surface area contributed by atoms with Gasteiger partial charge in [-0.3, -0.25) is 0 Å². The SMILES string of the molecule is CC(CC(C)(C)C)c1ccc(F)cc1. The third kappa shape index (κ3) is 3.49. The summed E-state index contributed by atoms with van der Waals surface area (Å²) in [6, 6.07) is 6.83. The van der Waals surface area contributed by atoms with Crippen molar-refractivity contribution in [3.8, 4) is 0 Å². The van der Waals surface area contributed by atoms with Crippen molar-refractivity contribution in [2.24, 2.45) is 5.41 Å². The van der Waals surface area contributed by atoms with Gasteiger partial charge in [-0.15, -0.1) is 0 Å². The van der Waals surface area contributed by atoms with Gasteiger partial charge in [0.1, 0.15) is 5.82 Å². The van der Waals surface area contributed by atoms with E-state index in [-0.39, 0.29) is 5.82 Å². The highest BCUT2D eigenvalue weighted by Crippen LogP contribution is 2.30. The van der Waals surface area contributed by atoms with Crippen molar-refractivity contribution in [2.45, 2.75) is 40.0 Å². The van der Waals surface area contributed by atoms with E-state index in [9.17, 15) is 4.39 Å². The van der Waals surface area contributed by atoms with Gasteiger partial charge in [0.15, 0.2) is 0 Å². The van der Waals surface area contributed by atoms with Crippen LogP contribution in [0.3, 0.4) is 0 Å². The molecule has 0 aliphatic carbocycles. The summed E-state index contributed by atoms with van der Waals surface area (Å²) in [7, 11) is 0. The Hall–Kier alpha value is -0.850. The summed E-state index contributed by atoms with van der Waals surface area (Å²) in [4.78, 5) is 0. The van der Waals surface area contributed by atoms with E-state index in [0.29, 0.717) is 11.3 Å². The van der Waals surface area contributed by atoms with Crippen LogP contribution in [0.2, 0.25) is 0 Å². The Morgan fingerprint density at radius 3 is 2.07 bits per heavy atom. The molecular formula is C13H19F. The normalized spacial score (nSPS) is 14.1. The highest BCUT2D eigenvalue weighted by Gasteiger charge is 2.16. The maximum absolute atomic E-state index is 12.7. The van der Waals surface area contributed by atoms with Crippen LogP contribution in [0.25, 0.3) is 0 Å². The van der Waals surface area contributed by atoms with Crippen LogP contribution in [-0.4, -0.2) is 0 Å². The van der Waals surface area contributed by atoms with Crippen molar-refractivity contribution in [3.63, 3.8) is 0 Å². The summed E-state index contributed by atoms with van der Waals surface area (Å²) in [6.45, 7) is 8.88. The first-order valence-electron chi connectivity index (χ1n) is 5.14. The first-order valence-corrected chi connectivity index (χ1v) is 5.14. The third-order valence-electron chi connectivity index (χ3n) is 2.36. The predicted octanol–water partition coefficient (Wildman–Crippen LogP) is 4.37. The molecule has 14 heavy (non-hydrogen) atoms. The zero-order valence-corrected chi connectivity index (χ0v) is 9.47. The molecule has 0 saturated carbocycles. The summed E-state index contributed by atoms with van der Waals surface area (Å²) in [5, 5.41) is 0. The lowest BCUT2D eigenvalue weighted by Crippen LogP contribution is -2.09. The Labute approximate surface area is 86.2 Å². The lowest BCUT2D eigenvalue weighted by Gasteiger charge is -2.23. The molecule has 1 aromatic rings. The molecular weight excluding hydrogens is 175 g/mol. The number of halogens is 1. The highest BCUT2D eigenvalue weighted by molar-refractivity contribution is 5.19. The summed E-state index contributed by atoms with van der Waals surface area (Å²) < 4.78 is 12.7. The van der Waals surface area contributed by atoms with Crippen molar-refractivity contribution in [2.75, 3.05) is 0 Å². The van der Waals surface area contributed by atoms with Crippen LogP contribution in [0.4, 0.5) is 4.39 Å². The summed E-state index contributed by atoms with van der Waals surface area (Å²) in [5.41, 5.74) is 1.55. The smallest absolute Gasteiger partial charge is 0.123 e. The van der Waals surface area contributed by atoms with Crippen LogP contribution in [0, 0.1) is 11.2 Å². The standard InChI is InChI=1S/C13H19F/c1-10(9-13(2,3)4)11-5-7-12(14)8-6-11/h5-8,10H,9H2,1-4H3. The molecule has 0 fully saturated rings. The van der Waals surface area contributed by atoms with Gasteiger partial charge in [0.2, 0.25) is 0 Å². The van der Waals surface area contributed by atoms with Crippen LogP contribution >= 0.6 is 0 Å². The highest BCUT2D eigenvalue weighted by atomic mass is 19.1. The van der Waals surface area contributed by atoms with E-state index in [4.69, 9.17) is 0 Å². The van der Waals surface area contributed by atoms with Crippen LogP contribution in [0.1, 0.15) is 45.6 Å². The zero-order valence-electron chi connectivity index (χ0n) is 9.47. The van der Waals surface area contributed by atoms with E-state index >= 15 is 0 Å². The molecule has 0 nitrogen and oxygen atoms in total. The predicted molar refractivity (Wildman–Crippen MR) is 58.9 cm³/mol. The van der Waals surface area contributed by atoms with E-state index in [1.807, 2.05) is 12.1 Å². The maximum atomic E-state index is 12.7. The first kappa shape index (κ1) is 11.2. The largest absolute Gasteiger partial charge is 0.207 e. The molecule has 1 heteroatoms. The Kier molecular flexibility index (Phi) is 3.30. The van der Waals surface area contributed by atoms with Gasteiger partial charge in [0, 0.05) is 0 Å². The van der Waals surface area contributed by atoms with Crippen LogP contribution in [0.15, 0.2) is 24.3 Å². The average Bonchev–Trinajstić information content (AvgIpc) is 2.02. The fraction of sp³-hybridized carbons (Fsp3) is 0.538. The van der Waals surface area contributed by atoms with E-state index in [1.165, 1.54) is 17.7 Å². The van der Waals surface area contributed by atoms with Crippen LogP contribution in [-0.2, 0) is 0 Å². The summed E-state index contributed by atoms with van der Waals surface area (Å²) in [5.74, 6) is 0.340. The topological polar surface area (TPSA) is 0 Å². The molecule has 0 saturated heterocycles. The quantitative estimate of drug-likeness (QED) is 0.656. The third-order valence-corrected chi connectivity index (χ3v) is 2.36. The van der Waals surface area contributed by atoms with E-state index in [0.717, 1.165) is 6.42 Å². The fourth-order valence-electron chi connectivity index (χ4n) is 1.83. The second-order valence-electron chi connectivity index (χ2n) is 5.22. The minimum atomic E-state index is -0.156. The van der Waals surface area contributed by atoms with Crippen molar-refractivity contribution in [1.29, 1.82) is 0 Å². The molecule has 0 aliphatic rings. The molecule has 0 amide bonds. The molecule has 0 aliphatic heterocycles. The lowest BCUT2D eigenvalue weighted by atomic mass is 9.82. The number of hydrogen-bond acceptors (Lipinski definition) is 0. The van der Waals surface area contributed by atoms with Crippen LogP contribution in [0.5, 0.6) is 0 Å². The Balaban J connectivity index is 2.70. The van der Waals surface area contributed by atoms with E-state index in [2.05, 4.69) is 27.7 Å². The molecule has 78 valence electrons. The zero-order chi connectivity index (χ0) is 10.8. The molecule has 0 heterocycles. The molecule has 0 bridgehead atoms. The Morgan fingerprint density at radius 2 is 1.64 bits per heavy atom. The summed E-state index contributed by atoms with van der Waals surface area (Å²) in [6.07, 6.45) is 1.12. The molecule has 1 atom stereocenters. The first-order chi connectivity index (χ1) is 6.38.